The van der Waals surface area contributed by atoms with Gasteiger partial charge in [0, 0.05) is 17.2 Å². The third-order valence-corrected chi connectivity index (χ3v) is 3.02. The van der Waals surface area contributed by atoms with Crippen molar-refractivity contribution < 1.29 is 9.72 Å². The third kappa shape index (κ3) is 4.17. The molecule has 5 heteroatoms. The quantitative estimate of drug-likeness (QED) is 0.340. The van der Waals surface area contributed by atoms with Gasteiger partial charge < -0.3 is 0 Å². The molecule has 1 aromatic carbocycles. The average Bonchev–Trinajstić information content (AvgIpc) is 2.33. The molecule has 0 bridgehead atoms. The molecule has 0 N–H and O–H groups in total. The van der Waals surface area contributed by atoms with Crippen LogP contribution in [0.3, 0.4) is 0 Å². The maximum Gasteiger partial charge on any atom is 0.273 e. The number of carbonyl (C=O) groups is 1. The van der Waals surface area contributed by atoms with E-state index < -0.39 is 10.2 Å². The molecule has 1 aromatic rings. The van der Waals surface area contributed by atoms with E-state index in [1.807, 2.05) is 19.1 Å². The number of rotatable bonds is 6. The predicted molar refractivity (Wildman–Crippen MR) is 75.8 cm³/mol. The Balaban J connectivity index is 3.09. The predicted octanol–water partition coefficient (Wildman–Crippen LogP) is 4.18. The summed E-state index contributed by atoms with van der Waals surface area (Å²) < 4.78 is 0. The van der Waals surface area contributed by atoms with E-state index >= 15 is 0 Å². The number of hydrogen-bond donors (Lipinski definition) is 0. The summed E-state index contributed by atoms with van der Waals surface area (Å²) in [5, 5.41) is 10.4. The van der Waals surface area contributed by atoms with Crippen LogP contribution in [0.1, 0.15) is 41.3 Å². The Kier molecular flexibility index (Phi) is 5.70. The zero-order chi connectivity index (χ0) is 14.4. The molecule has 0 aliphatic carbocycles. The molecule has 0 fully saturated rings. The topological polar surface area (TPSA) is 60.2 Å². The number of hydrogen-bond acceptors (Lipinski definition) is 3. The molecule has 102 valence electrons. The molecule has 0 spiro atoms. The highest BCUT2D eigenvalue weighted by molar-refractivity contribution is 6.68. The van der Waals surface area contributed by atoms with Gasteiger partial charge >= 0.3 is 0 Å². The third-order valence-electron chi connectivity index (χ3n) is 2.82. The summed E-state index contributed by atoms with van der Waals surface area (Å²) in [7, 11) is 0. The van der Waals surface area contributed by atoms with Crippen molar-refractivity contribution in [1.82, 2.24) is 0 Å². The lowest BCUT2D eigenvalue weighted by Gasteiger charge is -2.06. The molecular formula is C14H16ClNO3. The van der Waals surface area contributed by atoms with Crippen LogP contribution in [0.2, 0.25) is 0 Å². The van der Waals surface area contributed by atoms with Gasteiger partial charge in [-0.2, -0.15) is 0 Å². The first-order valence-corrected chi connectivity index (χ1v) is 6.48. The average molecular weight is 282 g/mol. The minimum absolute atomic E-state index is 0.0421. The van der Waals surface area contributed by atoms with Gasteiger partial charge in [0.05, 0.1) is 4.92 Å². The van der Waals surface area contributed by atoms with E-state index in [0.29, 0.717) is 17.5 Å². The van der Waals surface area contributed by atoms with Crippen LogP contribution in [0, 0.1) is 17.0 Å². The monoisotopic (exact) mass is 281 g/mol. The number of allylic oxidation sites excluding steroid dienone is 2. The van der Waals surface area contributed by atoms with E-state index in [0.717, 1.165) is 12.8 Å². The van der Waals surface area contributed by atoms with E-state index in [-0.39, 0.29) is 11.3 Å². The van der Waals surface area contributed by atoms with Crippen LogP contribution < -0.4 is 0 Å². The highest BCUT2D eigenvalue weighted by atomic mass is 35.5. The first kappa shape index (κ1) is 15.4. The number of aryl methyl sites for hydroxylation is 2. The minimum Gasteiger partial charge on any atom is -0.276 e. The molecule has 0 aromatic heterocycles. The number of benzene rings is 1. The van der Waals surface area contributed by atoms with E-state index in [2.05, 4.69) is 0 Å². The SMILES string of the molecule is CCC=CCCc1cc(C)c(C(=O)Cl)cc1[N+](=O)[O-]. The number of halogens is 1. The summed E-state index contributed by atoms with van der Waals surface area (Å²) in [5.41, 5.74) is 1.45. The lowest BCUT2D eigenvalue weighted by Crippen LogP contribution is -2.01. The standard InChI is InChI=1S/C14H16ClNO3/c1-3-4-5-6-7-11-8-10(2)12(14(15)17)9-13(11)16(18)19/h4-5,8-9H,3,6-7H2,1-2H3. The van der Waals surface area contributed by atoms with Gasteiger partial charge in [-0.25, -0.2) is 0 Å². The van der Waals surface area contributed by atoms with Crippen LogP contribution in [-0.4, -0.2) is 10.2 Å². The van der Waals surface area contributed by atoms with Gasteiger partial charge in [0.1, 0.15) is 0 Å². The van der Waals surface area contributed by atoms with Crippen LogP contribution in [0.15, 0.2) is 24.3 Å². The molecule has 0 radical (unpaired) electrons. The molecule has 19 heavy (non-hydrogen) atoms. The number of nitro benzene ring substituents is 1. The summed E-state index contributed by atoms with van der Waals surface area (Å²) in [6.45, 7) is 3.76. The fraction of sp³-hybridized carbons (Fsp3) is 0.357. The summed E-state index contributed by atoms with van der Waals surface area (Å²) >= 11 is 5.41. The van der Waals surface area contributed by atoms with Crippen molar-refractivity contribution in [1.29, 1.82) is 0 Å². The molecule has 0 saturated heterocycles. The summed E-state index contributed by atoms with van der Waals surface area (Å²) in [4.78, 5) is 21.7. The number of nitrogens with zero attached hydrogens (tertiary/aromatic N) is 1. The Morgan fingerprint density at radius 1 is 1.42 bits per heavy atom. The van der Waals surface area contributed by atoms with Crippen LogP contribution in [0.5, 0.6) is 0 Å². The molecule has 0 amide bonds. The van der Waals surface area contributed by atoms with E-state index in [1.54, 1.807) is 13.0 Å². The van der Waals surface area contributed by atoms with E-state index in [9.17, 15) is 14.9 Å². The molecule has 0 aliphatic rings. The fourth-order valence-electron chi connectivity index (χ4n) is 1.86. The van der Waals surface area contributed by atoms with Gasteiger partial charge in [-0.05, 0) is 49.4 Å². The highest BCUT2D eigenvalue weighted by Crippen LogP contribution is 2.25. The van der Waals surface area contributed by atoms with Crippen molar-refractivity contribution in [2.24, 2.45) is 0 Å². The molecule has 1 rings (SSSR count). The zero-order valence-electron chi connectivity index (χ0n) is 11.0. The second-order valence-electron chi connectivity index (χ2n) is 4.24. The maximum absolute atomic E-state index is 11.2. The Hall–Kier alpha value is -1.68. The maximum atomic E-state index is 11.2. The Bertz CT molecular complexity index is 524. The first-order chi connectivity index (χ1) is 8.97. The number of carbonyl (C=O) groups excluding carboxylic acids is 1. The summed E-state index contributed by atoms with van der Waals surface area (Å²) in [6.07, 6.45) is 6.28. The smallest absolute Gasteiger partial charge is 0.273 e. The summed E-state index contributed by atoms with van der Waals surface area (Å²) in [6, 6.07) is 2.94. The minimum atomic E-state index is -0.668. The molecule has 0 saturated carbocycles. The van der Waals surface area contributed by atoms with Gasteiger partial charge in [-0.3, -0.25) is 14.9 Å². The Morgan fingerprint density at radius 2 is 2.11 bits per heavy atom. The van der Waals surface area contributed by atoms with Crippen LogP contribution in [-0.2, 0) is 6.42 Å². The van der Waals surface area contributed by atoms with Gasteiger partial charge in [-0.15, -0.1) is 0 Å². The molecule has 0 heterocycles. The van der Waals surface area contributed by atoms with Gasteiger partial charge in [0.25, 0.3) is 10.9 Å². The van der Waals surface area contributed by atoms with E-state index in [4.69, 9.17) is 11.6 Å². The largest absolute Gasteiger partial charge is 0.276 e. The highest BCUT2D eigenvalue weighted by Gasteiger charge is 2.18. The zero-order valence-corrected chi connectivity index (χ0v) is 11.7. The van der Waals surface area contributed by atoms with Gasteiger partial charge in [0.2, 0.25) is 0 Å². The van der Waals surface area contributed by atoms with E-state index in [1.165, 1.54) is 6.07 Å². The molecule has 0 unspecified atom stereocenters. The van der Waals surface area contributed by atoms with Crippen molar-refractivity contribution in [3.8, 4) is 0 Å². The van der Waals surface area contributed by atoms with Crippen molar-refractivity contribution in [3.63, 3.8) is 0 Å². The molecule has 4 nitrogen and oxygen atoms in total. The molecule has 0 aliphatic heterocycles. The normalized spacial score (nSPS) is 10.9. The molecular weight excluding hydrogens is 266 g/mol. The molecule has 0 atom stereocenters. The van der Waals surface area contributed by atoms with Crippen molar-refractivity contribution in [2.45, 2.75) is 33.1 Å². The Labute approximate surface area is 117 Å². The second-order valence-corrected chi connectivity index (χ2v) is 4.59. The van der Waals surface area contributed by atoms with Crippen LogP contribution in [0.25, 0.3) is 0 Å². The van der Waals surface area contributed by atoms with Crippen LogP contribution >= 0.6 is 11.6 Å². The van der Waals surface area contributed by atoms with Crippen molar-refractivity contribution in [3.05, 3.63) is 51.1 Å². The number of nitro groups is 1. The second kappa shape index (κ2) is 7.04. The first-order valence-electron chi connectivity index (χ1n) is 6.10. The lowest BCUT2D eigenvalue weighted by atomic mass is 10.0. The Morgan fingerprint density at radius 3 is 2.63 bits per heavy atom. The van der Waals surface area contributed by atoms with Crippen molar-refractivity contribution >= 4 is 22.5 Å². The fourth-order valence-corrected chi connectivity index (χ4v) is 2.07. The summed E-state index contributed by atoms with van der Waals surface area (Å²) in [5.74, 6) is 0. The van der Waals surface area contributed by atoms with Crippen LogP contribution in [0.4, 0.5) is 5.69 Å². The lowest BCUT2D eigenvalue weighted by molar-refractivity contribution is -0.385. The van der Waals surface area contributed by atoms with Gasteiger partial charge in [0.15, 0.2) is 0 Å². The van der Waals surface area contributed by atoms with Crippen molar-refractivity contribution in [2.75, 3.05) is 0 Å². The van der Waals surface area contributed by atoms with Gasteiger partial charge in [-0.1, -0.05) is 19.1 Å².